The van der Waals surface area contributed by atoms with E-state index in [1.54, 1.807) is 0 Å². The summed E-state index contributed by atoms with van der Waals surface area (Å²) in [5, 5.41) is 0. The smallest absolute Gasteiger partial charge is 0.341 e. The Morgan fingerprint density at radius 2 is 1.15 bits per heavy atom. The van der Waals surface area contributed by atoms with Crippen LogP contribution in [0, 0.1) is 23.7 Å². The number of fused-ring (bicyclic) bond motifs is 4. The van der Waals surface area contributed by atoms with Gasteiger partial charge in [-0.15, -0.1) is 0 Å². The lowest BCUT2D eigenvalue weighted by Crippen LogP contribution is -2.20. The largest absolute Gasteiger partial charge is 0.390 e. The molecular weight excluding hydrogens is 336 g/mol. The third-order valence-electron chi connectivity index (χ3n) is 6.07. The van der Waals surface area contributed by atoms with Crippen LogP contribution in [0.4, 0.5) is 0 Å². The fourth-order valence-corrected chi connectivity index (χ4v) is 4.78. The van der Waals surface area contributed by atoms with Gasteiger partial charge in [-0.3, -0.25) is 9.59 Å². The van der Waals surface area contributed by atoms with Gasteiger partial charge in [-0.2, -0.15) is 0 Å². The molecule has 0 aromatic heterocycles. The van der Waals surface area contributed by atoms with Gasteiger partial charge in [0.15, 0.2) is 0 Å². The Balaban J connectivity index is 1.20. The molecule has 0 N–H and O–H groups in total. The molecule has 0 radical (unpaired) electrons. The summed E-state index contributed by atoms with van der Waals surface area (Å²) in [6.45, 7) is 0. The number of esters is 4. The molecule has 4 rings (SSSR count). The highest BCUT2D eigenvalue weighted by Crippen LogP contribution is 2.44. The molecule has 4 aliphatic carbocycles. The predicted molar refractivity (Wildman–Crippen MR) is 89.3 cm³/mol. The zero-order chi connectivity index (χ0) is 18.3. The van der Waals surface area contributed by atoms with Gasteiger partial charge < -0.3 is 9.47 Å². The van der Waals surface area contributed by atoms with Gasteiger partial charge in [0.05, 0.1) is 12.8 Å². The molecule has 0 spiro atoms. The highest BCUT2D eigenvalue weighted by atomic mass is 16.6. The van der Waals surface area contributed by atoms with Crippen molar-refractivity contribution in [2.24, 2.45) is 23.7 Å². The molecule has 138 valence electrons. The molecule has 4 bridgehead atoms. The SMILES string of the molecule is O=C(CCC(=O)OC(=O)C1=CC2CCC1C2)OC(=O)C1=CC2CCC1C2. The van der Waals surface area contributed by atoms with E-state index in [2.05, 4.69) is 0 Å². The predicted octanol–water partition coefficient (Wildman–Crippen LogP) is 2.62. The number of ether oxygens (including phenoxy) is 2. The summed E-state index contributed by atoms with van der Waals surface area (Å²) in [5.41, 5.74) is 1.19. The highest BCUT2D eigenvalue weighted by molar-refractivity contribution is 5.99. The summed E-state index contributed by atoms with van der Waals surface area (Å²) in [5.74, 6) is -1.45. The minimum absolute atomic E-state index is 0.206. The Hall–Kier alpha value is -2.24. The second kappa shape index (κ2) is 6.82. The monoisotopic (exact) mass is 358 g/mol. The quantitative estimate of drug-likeness (QED) is 0.555. The van der Waals surface area contributed by atoms with Crippen LogP contribution in [0.2, 0.25) is 0 Å². The third kappa shape index (κ3) is 3.37. The van der Waals surface area contributed by atoms with Crippen molar-refractivity contribution in [2.45, 2.75) is 51.4 Å². The second-order valence-corrected chi connectivity index (χ2v) is 7.81. The van der Waals surface area contributed by atoms with E-state index < -0.39 is 23.9 Å². The van der Waals surface area contributed by atoms with E-state index >= 15 is 0 Å². The van der Waals surface area contributed by atoms with Gasteiger partial charge in [-0.05, 0) is 62.2 Å². The molecule has 2 saturated carbocycles. The van der Waals surface area contributed by atoms with Gasteiger partial charge in [-0.25, -0.2) is 9.59 Å². The van der Waals surface area contributed by atoms with Crippen LogP contribution in [-0.4, -0.2) is 23.9 Å². The lowest BCUT2D eigenvalue weighted by Gasteiger charge is -2.12. The molecule has 0 aromatic rings. The van der Waals surface area contributed by atoms with Crippen molar-refractivity contribution in [1.29, 1.82) is 0 Å². The molecule has 0 heterocycles. The van der Waals surface area contributed by atoms with Crippen LogP contribution < -0.4 is 0 Å². The van der Waals surface area contributed by atoms with E-state index in [9.17, 15) is 19.2 Å². The number of rotatable bonds is 5. The summed E-state index contributed by atoms with van der Waals surface area (Å²) in [7, 11) is 0. The first-order valence-electron chi connectivity index (χ1n) is 9.43. The number of allylic oxidation sites excluding steroid dienone is 2. The highest BCUT2D eigenvalue weighted by Gasteiger charge is 2.38. The molecule has 4 aliphatic rings. The molecule has 6 nitrogen and oxygen atoms in total. The van der Waals surface area contributed by atoms with Gasteiger partial charge >= 0.3 is 23.9 Å². The Morgan fingerprint density at radius 3 is 1.46 bits per heavy atom. The first-order valence-corrected chi connectivity index (χ1v) is 9.43. The van der Waals surface area contributed by atoms with Crippen molar-refractivity contribution in [3.63, 3.8) is 0 Å². The Labute approximate surface area is 151 Å². The Morgan fingerprint density at radius 1 is 0.731 bits per heavy atom. The Kier molecular flexibility index (Phi) is 4.51. The summed E-state index contributed by atoms with van der Waals surface area (Å²) < 4.78 is 9.66. The number of carbonyl (C=O) groups excluding carboxylic acids is 4. The maximum absolute atomic E-state index is 12.0. The van der Waals surface area contributed by atoms with E-state index in [-0.39, 0.29) is 24.7 Å². The molecule has 0 saturated heterocycles. The summed E-state index contributed by atoms with van der Waals surface area (Å²) in [6, 6.07) is 0. The number of hydrogen-bond acceptors (Lipinski definition) is 6. The molecule has 6 heteroatoms. The van der Waals surface area contributed by atoms with E-state index in [0.717, 1.165) is 38.5 Å². The van der Waals surface area contributed by atoms with Crippen molar-refractivity contribution >= 4 is 23.9 Å². The maximum Gasteiger partial charge on any atom is 0.341 e. The minimum Gasteiger partial charge on any atom is -0.390 e. The van der Waals surface area contributed by atoms with Gasteiger partial charge in [0.25, 0.3) is 0 Å². The van der Waals surface area contributed by atoms with Crippen LogP contribution in [0.15, 0.2) is 23.3 Å². The van der Waals surface area contributed by atoms with Crippen LogP contribution in [0.5, 0.6) is 0 Å². The van der Waals surface area contributed by atoms with Crippen LogP contribution in [0.1, 0.15) is 51.4 Å². The zero-order valence-corrected chi connectivity index (χ0v) is 14.6. The molecule has 26 heavy (non-hydrogen) atoms. The van der Waals surface area contributed by atoms with Gasteiger partial charge in [-0.1, -0.05) is 12.2 Å². The normalized spacial score (nSPS) is 30.8. The third-order valence-corrected chi connectivity index (χ3v) is 6.07. The zero-order valence-electron chi connectivity index (χ0n) is 14.6. The van der Waals surface area contributed by atoms with Crippen molar-refractivity contribution < 1.29 is 28.7 Å². The van der Waals surface area contributed by atoms with Crippen LogP contribution >= 0.6 is 0 Å². The molecule has 0 aromatic carbocycles. The fourth-order valence-electron chi connectivity index (χ4n) is 4.78. The van der Waals surface area contributed by atoms with Crippen LogP contribution in [-0.2, 0) is 28.7 Å². The fraction of sp³-hybridized carbons (Fsp3) is 0.600. The lowest BCUT2D eigenvalue weighted by molar-refractivity contribution is -0.162. The standard InChI is InChI=1S/C20H22O6/c21-17(25-19(23)15-9-11-1-3-13(15)7-11)5-6-18(22)26-20(24)16-10-12-2-4-14(16)8-12/h9-14H,1-8H2. The van der Waals surface area contributed by atoms with E-state index in [0.29, 0.717) is 23.0 Å². The van der Waals surface area contributed by atoms with Gasteiger partial charge in [0, 0.05) is 11.1 Å². The van der Waals surface area contributed by atoms with Gasteiger partial charge in [0.1, 0.15) is 0 Å². The van der Waals surface area contributed by atoms with Crippen LogP contribution in [0.25, 0.3) is 0 Å². The maximum atomic E-state index is 12.0. The topological polar surface area (TPSA) is 86.7 Å². The van der Waals surface area contributed by atoms with Crippen molar-refractivity contribution in [3.8, 4) is 0 Å². The molecular formula is C20H22O6. The molecule has 4 atom stereocenters. The van der Waals surface area contributed by atoms with Crippen LogP contribution in [0.3, 0.4) is 0 Å². The average Bonchev–Trinajstić information content (AvgIpc) is 3.39. The van der Waals surface area contributed by atoms with Crippen molar-refractivity contribution in [3.05, 3.63) is 23.3 Å². The first kappa shape index (κ1) is 17.2. The number of carbonyl (C=O) groups is 4. The number of hydrogen-bond donors (Lipinski definition) is 0. The van der Waals surface area contributed by atoms with E-state index in [1.165, 1.54) is 0 Å². The summed E-state index contributed by atoms with van der Waals surface area (Å²) in [6.07, 6.45) is 9.29. The first-order chi connectivity index (χ1) is 12.5. The molecule has 2 fully saturated rings. The molecule has 0 aliphatic heterocycles. The summed E-state index contributed by atoms with van der Waals surface area (Å²) >= 11 is 0. The van der Waals surface area contributed by atoms with Crippen molar-refractivity contribution in [2.75, 3.05) is 0 Å². The molecule has 0 amide bonds. The summed E-state index contributed by atoms with van der Waals surface area (Å²) in [4.78, 5) is 47.6. The molecule has 4 unspecified atom stereocenters. The van der Waals surface area contributed by atoms with Gasteiger partial charge in [0.2, 0.25) is 0 Å². The Bertz CT molecular complexity index is 669. The minimum atomic E-state index is -0.762. The van der Waals surface area contributed by atoms with E-state index in [1.807, 2.05) is 12.2 Å². The van der Waals surface area contributed by atoms with Crippen molar-refractivity contribution in [1.82, 2.24) is 0 Å². The average molecular weight is 358 g/mol. The second-order valence-electron chi connectivity index (χ2n) is 7.81. The lowest BCUT2D eigenvalue weighted by atomic mass is 9.99. The van der Waals surface area contributed by atoms with E-state index in [4.69, 9.17) is 9.47 Å².